The fraction of sp³-hybridized carbons (Fsp3) is 0.267. The van der Waals surface area contributed by atoms with Crippen molar-refractivity contribution in [2.45, 2.75) is 24.2 Å². The average Bonchev–Trinajstić information content (AvgIpc) is 4.14. The van der Waals surface area contributed by atoms with Crippen LogP contribution in [0.5, 0.6) is 0 Å². The number of hydrogen-bond acceptors (Lipinski definition) is 2. The van der Waals surface area contributed by atoms with E-state index in [-0.39, 0.29) is 24.2 Å². The zero-order chi connectivity index (χ0) is 48.2. The molecular formula is C60H70N8+4. The third kappa shape index (κ3) is 9.05. The molecule has 8 bridgehead atoms. The lowest BCUT2D eigenvalue weighted by Crippen LogP contribution is -2.40. The van der Waals surface area contributed by atoms with Crippen LogP contribution in [0, 0.1) is 0 Å². The molecule has 5 heterocycles. The van der Waals surface area contributed by atoms with Gasteiger partial charge in [0.2, 0.25) is 0 Å². The lowest BCUT2D eigenvalue weighted by molar-refractivity contribution is -0.896. The largest absolute Gasteiger partial charge is 0.355 e. The summed E-state index contributed by atoms with van der Waals surface area (Å²) in [5, 5.41) is 0. The summed E-state index contributed by atoms with van der Waals surface area (Å²) in [4.78, 5) is 19.8. The first-order chi connectivity index (χ1) is 32.3. The fourth-order valence-electron chi connectivity index (χ4n) is 11.0. The summed E-state index contributed by atoms with van der Waals surface area (Å²) in [6, 6.07) is 52.7. The minimum absolute atomic E-state index is 0.0403. The lowest BCUT2D eigenvalue weighted by Gasteiger charge is -2.36. The first kappa shape index (κ1) is 46.4. The number of aromatic nitrogens is 4. The number of nitrogens with zero attached hydrogens (tertiary/aromatic N) is 6. The summed E-state index contributed by atoms with van der Waals surface area (Å²) >= 11 is 0. The number of rotatable bonds is 12. The Labute approximate surface area is 404 Å². The van der Waals surface area contributed by atoms with E-state index in [1.807, 2.05) is 0 Å². The molecule has 9 rings (SSSR count). The quantitative estimate of drug-likeness (QED) is 0.120. The van der Waals surface area contributed by atoms with Gasteiger partial charge in [0.1, 0.15) is 24.2 Å². The Kier molecular flexibility index (Phi) is 12.1. The maximum absolute atomic E-state index is 5.80. The van der Waals surface area contributed by atoms with Crippen molar-refractivity contribution in [3.8, 4) is 0 Å². The van der Waals surface area contributed by atoms with Crippen LogP contribution >= 0.6 is 0 Å². The Morgan fingerprint density at radius 1 is 0.279 bits per heavy atom. The summed E-state index contributed by atoms with van der Waals surface area (Å²) in [6.07, 6.45) is 8.98. The highest BCUT2D eigenvalue weighted by Crippen LogP contribution is 2.44. The smallest absolute Gasteiger partial charge is 0.144 e. The second-order valence-electron chi connectivity index (χ2n) is 22.4. The molecule has 2 aliphatic rings. The van der Waals surface area contributed by atoms with Gasteiger partial charge in [-0.25, -0.2) is 9.97 Å². The first-order valence-corrected chi connectivity index (χ1v) is 23.9. The predicted molar refractivity (Wildman–Crippen MR) is 284 cm³/mol. The van der Waals surface area contributed by atoms with Gasteiger partial charge in [-0.3, -0.25) is 0 Å². The van der Waals surface area contributed by atoms with Crippen LogP contribution in [0.1, 0.15) is 91.5 Å². The van der Waals surface area contributed by atoms with E-state index in [9.17, 15) is 0 Å². The Hall–Kier alpha value is -6.68. The number of quaternary nitrogens is 4. The minimum Gasteiger partial charge on any atom is -0.355 e. The van der Waals surface area contributed by atoms with Gasteiger partial charge in [-0.15, -0.1) is 0 Å². The molecule has 4 atom stereocenters. The van der Waals surface area contributed by atoms with Crippen molar-refractivity contribution in [1.29, 1.82) is 0 Å². The molecule has 0 spiro atoms. The molecule has 2 N–H and O–H groups in total. The topological polar surface area (TPSA) is 57.4 Å². The summed E-state index contributed by atoms with van der Waals surface area (Å²) in [7, 11) is 27.5. The molecule has 3 aromatic heterocycles. The molecule has 8 nitrogen and oxygen atoms in total. The van der Waals surface area contributed by atoms with E-state index in [0.717, 1.165) is 61.5 Å². The van der Waals surface area contributed by atoms with Crippen LogP contribution in [0.3, 0.4) is 0 Å². The van der Waals surface area contributed by atoms with Gasteiger partial charge in [0.15, 0.2) is 0 Å². The van der Waals surface area contributed by atoms with E-state index in [0.29, 0.717) is 17.9 Å². The molecule has 7 aromatic rings. The SMILES string of the molecule is C[N+](C)(C)C(c1ccccc1)c1c2nc(c(C(c3ccccc3)[N+](C)(C)C)c3ccc([nH]3)c(C(c3ccccc3)[N+](C)(C)C)c3ccc([nH]3)c(C(c3ccccc3)[N+](C)(C)C)c3nc1C=C3)C=C2. The first-order valence-electron chi connectivity index (χ1n) is 23.9. The van der Waals surface area contributed by atoms with Crippen LogP contribution in [0.15, 0.2) is 146 Å². The number of aromatic amines is 2. The zero-order valence-electron chi connectivity index (χ0n) is 42.2. The van der Waals surface area contributed by atoms with Gasteiger partial charge in [-0.2, -0.15) is 0 Å². The van der Waals surface area contributed by atoms with E-state index < -0.39 is 0 Å². The van der Waals surface area contributed by atoms with Gasteiger partial charge in [-0.05, 0) is 48.6 Å². The van der Waals surface area contributed by atoms with Gasteiger partial charge in [0, 0.05) is 22.3 Å². The maximum Gasteiger partial charge on any atom is 0.144 e. The number of H-pyrrole nitrogens is 2. The molecule has 0 aliphatic carbocycles. The molecule has 0 saturated carbocycles. The molecule has 4 aromatic carbocycles. The van der Waals surface area contributed by atoms with Crippen molar-refractivity contribution in [1.82, 2.24) is 19.9 Å². The summed E-state index contributed by atoms with van der Waals surface area (Å²) in [5.41, 5.74) is 17.4. The minimum atomic E-state index is -0.0871. The average molecular weight is 903 g/mol. The second-order valence-corrected chi connectivity index (χ2v) is 22.4. The summed E-state index contributed by atoms with van der Waals surface area (Å²) in [5.74, 6) is 0. The van der Waals surface area contributed by atoms with Crippen LogP contribution in [0.25, 0.3) is 46.4 Å². The molecule has 0 radical (unpaired) electrons. The molecular weight excluding hydrogens is 833 g/mol. The molecule has 4 unspecified atom stereocenters. The number of benzene rings is 4. The highest BCUT2D eigenvalue weighted by Gasteiger charge is 2.38. The number of hydrogen-bond donors (Lipinski definition) is 2. The van der Waals surface area contributed by atoms with Crippen molar-refractivity contribution < 1.29 is 17.9 Å². The molecule has 68 heavy (non-hydrogen) atoms. The van der Waals surface area contributed by atoms with Crippen LogP contribution in [0.4, 0.5) is 0 Å². The fourth-order valence-corrected chi connectivity index (χ4v) is 11.0. The second kappa shape index (κ2) is 17.8. The van der Waals surface area contributed by atoms with Crippen LogP contribution < -0.4 is 0 Å². The van der Waals surface area contributed by atoms with Crippen molar-refractivity contribution in [3.05, 3.63) is 213 Å². The monoisotopic (exact) mass is 903 g/mol. The summed E-state index contributed by atoms with van der Waals surface area (Å²) < 4.78 is 2.62. The van der Waals surface area contributed by atoms with Crippen LogP contribution in [-0.4, -0.2) is 122 Å². The highest BCUT2D eigenvalue weighted by atomic mass is 15.3. The van der Waals surface area contributed by atoms with Crippen LogP contribution in [-0.2, 0) is 0 Å². The molecule has 2 aliphatic heterocycles. The van der Waals surface area contributed by atoms with Gasteiger partial charge in [0.25, 0.3) is 0 Å². The van der Waals surface area contributed by atoms with Gasteiger partial charge < -0.3 is 27.9 Å². The predicted octanol–water partition coefficient (Wildman–Crippen LogP) is 11.8. The lowest BCUT2D eigenvalue weighted by atomic mass is 9.93. The summed E-state index contributed by atoms with van der Waals surface area (Å²) in [6.45, 7) is 0. The standard InChI is InChI=1S/C60H70N8/c1-65(2,3)57(41-25-17-13-18-26-41)53-45-33-35-47(61-45)54(58(66(4,5)6)42-27-19-14-20-28-42)49-37-39-51(63-49)56(60(68(10,11)12)44-31-23-16-24-32-44)52-40-38-50(64-52)55(48-36-34-46(53)62-48)59(67(7,8)9)43-29-21-15-22-30-43/h13-40,57-62H,1-12H3/q+4. The molecule has 0 fully saturated rings. The van der Waals surface area contributed by atoms with Crippen molar-refractivity contribution in [2.75, 3.05) is 84.6 Å². The third-order valence-corrected chi connectivity index (χ3v) is 13.6. The highest BCUT2D eigenvalue weighted by molar-refractivity contribution is 5.85. The normalized spacial score (nSPS) is 15.0. The van der Waals surface area contributed by atoms with E-state index in [1.165, 1.54) is 27.8 Å². The third-order valence-electron chi connectivity index (χ3n) is 13.6. The van der Waals surface area contributed by atoms with Gasteiger partial charge in [-0.1, -0.05) is 121 Å². The van der Waals surface area contributed by atoms with Crippen molar-refractivity contribution in [3.63, 3.8) is 0 Å². The molecule has 0 amide bonds. The Balaban J connectivity index is 1.53. The molecule has 346 valence electrons. The van der Waals surface area contributed by atoms with Gasteiger partial charge >= 0.3 is 0 Å². The molecule has 8 heteroatoms. The number of fused-ring (bicyclic) bond motifs is 8. The Morgan fingerprint density at radius 2 is 0.500 bits per heavy atom. The van der Waals surface area contributed by atoms with Crippen molar-refractivity contribution in [2.24, 2.45) is 0 Å². The van der Waals surface area contributed by atoms with Gasteiger partial charge in [0.05, 0.1) is 152 Å². The number of nitrogens with one attached hydrogen (secondary N) is 2. The Morgan fingerprint density at radius 3 is 0.765 bits per heavy atom. The zero-order valence-corrected chi connectivity index (χ0v) is 42.2. The molecule has 0 saturated heterocycles. The van der Waals surface area contributed by atoms with E-state index in [4.69, 9.17) is 9.97 Å². The van der Waals surface area contributed by atoms with Crippen LogP contribution in [0.2, 0.25) is 0 Å². The van der Waals surface area contributed by atoms with E-state index in [1.54, 1.807) is 0 Å². The van der Waals surface area contributed by atoms with E-state index in [2.05, 4.69) is 264 Å². The Bertz CT molecular complexity index is 3000. The van der Waals surface area contributed by atoms with E-state index >= 15 is 0 Å². The van der Waals surface area contributed by atoms with Crippen molar-refractivity contribution >= 4 is 46.4 Å². The maximum atomic E-state index is 5.80.